The van der Waals surface area contributed by atoms with E-state index < -0.39 is 12.1 Å². The van der Waals surface area contributed by atoms with Crippen LogP contribution in [-0.4, -0.2) is 48.0 Å². The molecule has 0 spiro atoms. The van der Waals surface area contributed by atoms with Crippen molar-refractivity contribution in [2.45, 2.75) is 12.5 Å². The van der Waals surface area contributed by atoms with Gasteiger partial charge in [-0.3, -0.25) is 19.8 Å². The summed E-state index contributed by atoms with van der Waals surface area (Å²) in [7, 11) is 1.68. The van der Waals surface area contributed by atoms with Gasteiger partial charge in [-0.05, 0) is 36.2 Å². The number of carbonyl (C=O) groups is 3. The molecule has 1 aliphatic rings. The number of nitrogens with one attached hydrogen (secondary N) is 1. The Morgan fingerprint density at radius 2 is 1.81 bits per heavy atom. The fraction of sp³-hybridized carbons (Fsp3) is 0.250. The first-order valence-electron chi connectivity index (χ1n) is 8.65. The Morgan fingerprint density at radius 3 is 2.41 bits per heavy atom. The van der Waals surface area contributed by atoms with E-state index in [-0.39, 0.29) is 18.4 Å². The molecule has 3 rings (SSSR count). The Hall–Kier alpha value is -3.19. The Balaban J connectivity index is 1.58. The number of hydrogen-bond donors (Lipinski definition) is 2. The number of hydrogen-bond acceptors (Lipinski definition) is 4. The average Bonchev–Trinajstić information content (AvgIpc) is 3.04. The summed E-state index contributed by atoms with van der Waals surface area (Å²) in [5, 5.41) is 12.4. The monoisotopic (exact) mass is 367 g/mol. The number of anilines is 1. The van der Waals surface area contributed by atoms with E-state index in [4.69, 9.17) is 0 Å². The van der Waals surface area contributed by atoms with E-state index >= 15 is 0 Å². The third-order valence-electron chi connectivity index (χ3n) is 4.49. The molecular formula is C20H21N3O4. The molecule has 0 unspecified atom stereocenters. The Morgan fingerprint density at radius 1 is 1.15 bits per heavy atom. The number of urea groups is 1. The quantitative estimate of drug-likeness (QED) is 0.764. The topological polar surface area (TPSA) is 89.9 Å². The second-order valence-electron chi connectivity index (χ2n) is 6.43. The fourth-order valence-corrected chi connectivity index (χ4v) is 2.91. The maximum absolute atomic E-state index is 12.5. The van der Waals surface area contributed by atoms with Crippen LogP contribution in [0.5, 0.6) is 0 Å². The molecule has 2 N–H and O–H groups in total. The van der Waals surface area contributed by atoms with Crippen molar-refractivity contribution < 1.29 is 19.5 Å². The summed E-state index contributed by atoms with van der Waals surface area (Å²) >= 11 is 0. The van der Waals surface area contributed by atoms with Gasteiger partial charge in [0.25, 0.3) is 5.91 Å². The van der Waals surface area contributed by atoms with E-state index in [9.17, 15) is 19.5 Å². The van der Waals surface area contributed by atoms with Crippen molar-refractivity contribution in [1.82, 2.24) is 10.2 Å². The van der Waals surface area contributed by atoms with E-state index in [1.165, 1.54) is 4.90 Å². The van der Waals surface area contributed by atoms with Crippen LogP contribution in [-0.2, 0) is 4.79 Å². The number of imide groups is 1. The molecule has 1 heterocycles. The number of aliphatic hydroxyl groups is 1. The van der Waals surface area contributed by atoms with Gasteiger partial charge in [-0.2, -0.15) is 0 Å². The lowest BCUT2D eigenvalue weighted by atomic mass is 10.1. The third-order valence-corrected chi connectivity index (χ3v) is 4.49. The van der Waals surface area contributed by atoms with E-state index in [2.05, 4.69) is 5.32 Å². The number of aliphatic hydroxyl groups excluding tert-OH is 1. The Bertz CT molecular complexity index is 836. The molecular weight excluding hydrogens is 346 g/mol. The number of amides is 4. The van der Waals surface area contributed by atoms with Gasteiger partial charge in [-0.1, -0.05) is 30.3 Å². The molecule has 1 aliphatic heterocycles. The van der Waals surface area contributed by atoms with Crippen molar-refractivity contribution in [3.8, 4) is 0 Å². The van der Waals surface area contributed by atoms with Crippen molar-refractivity contribution in [2.75, 3.05) is 25.0 Å². The standard InChI is InChI=1S/C20H21N3O4/c1-22(12-11-17(24)14-5-3-2-4-6-14)19(26)15-7-9-16(10-8-15)23-13-18(25)21-20(23)27/h2-10,17,24H,11-13H2,1H3,(H,21,25,27)/t17-/m1/s1. The van der Waals surface area contributed by atoms with Crippen LogP contribution in [0.25, 0.3) is 0 Å². The van der Waals surface area contributed by atoms with E-state index in [0.717, 1.165) is 5.56 Å². The smallest absolute Gasteiger partial charge is 0.329 e. The van der Waals surface area contributed by atoms with Crippen molar-refractivity contribution in [2.24, 2.45) is 0 Å². The zero-order valence-electron chi connectivity index (χ0n) is 15.0. The first-order valence-corrected chi connectivity index (χ1v) is 8.65. The fourth-order valence-electron chi connectivity index (χ4n) is 2.91. The highest BCUT2D eigenvalue weighted by Crippen LogP contribution is 2.19. The first kappa shape index (κ1) is 18.6. The average molecular weight is 367 g/mol. The third kappa shape index (κ3) is 4.32. The number of benzene rings is 2. The summed E-state index contributed by atoms with van der Waals surface area (Å²) in [5.74, 6) is -0.527. The highest BCUT2D eigenvalue weighted by atomic mass is 16.3. The van der Waals surface area contributed by atoms with Crippen molar-refractivity contribution in [3.05, 3.63) is 65.7 Å². The van der Waals surface area contributed by atoms with Crippen LogP contribution >= 0.6 is 0 Å². The van der Waals surface area contributed by atoms with Crippen molar-refractivity contribution >= 4 is 23.5 Å². The molecule has 0 aromatic heterocycles. The molecule has 0 aliphatic carbocycles. The van der Waals surface area contributed by atoms with Gasteiger partial charge in [0.15, 0.2) is 0 Å². The highest BCUT2D eigenvalue weighted by molar-refractivity contribution is 6.12. The van der Waals surface area contributed by atoms with Gasteiger partial charge in [0.1, 0.15) is 6.54 Å². The number of carbonyl (C=O) groups excluding carboxylic acids is 3. The molecule has 0 saturated carbocycles. The van der Waals surface area contributed by atoms with Crippen LogP contribution in [0.15, 0.2) is 54.6 Å². The van der Waals surface area contributed by atoms with Crippen LogP contribution in [0, 0.1) is 0 Å². The number of rotatable bonds is 6. The summed E-state index contributed by atoms with van der Waals surface area (Å²) in [5.41, 5.74) is 1.85. The maximum Gasteiger partial charge on any atom is 0.329 e. The lowest BCUT2D eigenvalue weighted by molar-refractivity contribution is -0.117. The molecule has 7 heteroatoms. The minimum absolute atomic E-state index is 0.0244. The summed E-state index contributed by atoms with van der Waals surface area (Å²) < 4.78 is 0. The highest BCUT2D eigenvalue weighted by Gasteiger charge is 2.28. The van der Waals surface area contributed by atoms with Gasteiger partial charge >= 0.3 is 6.03 Å². The summed E-state index contributed by atoms with van der Waals surface area (Å²) in [4.78, 5) is 38.4. The van der Waals surface area contributed by atoms with Gasteiger partial charge < -0.3 is 10.0 Å². The molecule has 140 valence electrons. The molecule has 4 amide bonds. The predicted molar refractivity (Wildman–Crippen MR) is 100 cm³/mol. The maximum atomic E-state index is 12.5. The van der Waals surface area contributed by atoms with Crippen LogP contribution in [0.1, 0.15) is 28.4 Å². The summed E-state index contributed by atoms with van der Waals surface area (Å²) in [6.45, 7) is 0.378. The second kappa shape index (κ2) is 8.01. The van der Waals surface area contributed by atoms with Gasteiger partial charge in [-0.25, -0.2) is 4.79 Å². The zero-order valence-corrected chi connectivity index (χ0v) is 15.0. The van der Waals surface area contributed by atoms with E-state index in [0.29, 0.717) is 24.2 Å². The minimum atomic E-state index is -0.630. The van der Waals surface area contributed by atoms with Crippen LogP contribution in [0.4, 0.5) is 10.5 Å². The molecule has 1 saturated heterocycles. The Labute approximate surface area is 157 Å². The summed E-state index contributed by atoms with van der Waals surface area (Å²) in [6, 6.07) is 15.4. The first-order chi connectivity index (χ1) is 13.0. The molecule has 0 bridgehead atoms. The molecule has 0 radical (unpaired) electrons. The molecule has 1 fully saturated rings. The molecule has 1 atom stereocenters. The van der Waals surface area contributed by atoms with Gasteiger partial charge in [0.2, 0.25) is 5.91 Å². The van der Waals surface area contributed by atoms with E-state index in [1.54, 1.807) is 36.2 Å². The zero-order chi connectivity index (χ0) is 19.4. The molecule has 2 aromatic rings. The van der Waals surface area contributed by atoms with E-state index in [1.807, 2.05) is 30.3 Å². The lowest BCUT2D eigenvalue weighted by Gasteiger charge is -2.20. The van der Waals surface area contributed by atoms with Crippen LogP contribution < -0.4 is 10.2 Å². The number of nitrogens with zero attached hydrogens (tertiary/aromatic N) is 2. The Kier molecular flexibility index (Phi) is 5.52. The van der Waals surface area contributed by atoms with Gasteiger partial charge in [0, 0.05) is 24.8 Å². The molecule has 7 nitrogen and oxygen atoms in total. The molecule has 2 aromatic carbocycles. The SMILES string of the molecule is CN(CC[C@@H](O)c1ccccc1)C(=O)c1ccc(N2CC(=O)NC2=O)cc1. The molecule has 27 heavy (non-hydrogen) atoms. The summed E-state index contributed by atoms with van der Waals surface area (Å²) in [6.07, 6.45) is -0.199. The lowest BCUT2D eigenvalue weighted by Crippen LogP contribution is -2.29. The van der Waals surface area contributed by atoms with Crippen molar-refractivity contribution in [1.29, 1.82) is 0 Å². The van der Waals surface area contributed by atoms with Gasteiger partial charge in [0.05, 0.1) is 6.10 Å². The van der Waals surface area contributed by atoms with Crippen LogP contribution in [0.2, 0.25) is 0 Å². The normalized spacial score (nSPS) is 14.8. The van der Waals surface area contributed by atoms with Crippen molar-refractivity contribution in [3.63, 3.8) is 0 Å². The predicted octanol–water partition coefficient (Wildman–Crippen LogP) is 1.94. The van der Waals surface area contributed by atoms with Crippen LogP contribution in [0.3, 0.4) is 0 Å². The minimum Gasteiger partial charge on any atom is -0.388 e. The van der Waals surface area contributed by atoms with Gasteiger partial charge in [-0.15, -0.1) is 0 Å². The largest absolute Gasteiger partial charge is 0.388 e. The second-order valence-corrected chi connectivity index (χ2v) is 6.43.